The third-order valence-corrected chi connectivity index (χ3v) is 3.03. The van der Waals surface area contributed by atoms with Crippen LogP contribution in [0.1, 0.15) is 6.42 Å². The number of aliphatic hydroxyl groups excluding tert-OH is 1. The number of hydrogen-bond acceptors (Lipinski definition) is 5. The summed E-state index contributed by atoms with van der Waals surface area (Å²) >= 11 is 3.29. The van der Waals surface area contributed by atoms with Crippen molar-refractivity contribution < 1.29 is 24.1 Å². The van der Waals surface area contributed by atoms with Gasteiger partial charge in [-0.25, -0.2) is 0 Å². The number of hydrogen-bond donors (Lipinski definition) is 1. The Labute approximate surface area is 103 Å². The van der Waals surface area contributed by atoms with E-state index in [0.29, 0.717) is 10.9 Å². The minimum atomic E-state index is -0.552. The van der Waals surface area contributed by atoms with Gasteiger partial charge in [0, 0.05) is 25.1 Å². The maximum Gasteiger partial charge on any atom is 0.147 e. The van der Waals surface area contributed by atoms with Gasteiger partial charge in [-0.1, -0.05) is 15.9 Å². The number of ether oxygens (including phenoxy) is 4. The third kappa shape index (κ3) is 4.12. The molecule has 0 radical (unpaired) electrons. The van der Waals surface area contributed by atoms with E-state index in [2.05, 4.69) is 15.9 Å². The second kappa shape index (κ2) is 7.37. The van der Waals surface area contributed by atoms with Gasteiger partial charge in [0.1, 0.15) is 19.7 Å². The number of aliphatic hydroxyl groups is 1. The molecule has 0 aromatic heterocycles. The molecule has 0 bridgehead atoms. The highest BCUT2D eigenvalue weighted by Gasteiger charge is 2.30. The summed E-state index contributed by atoms with van der Waals surface area (Å²) in [6, 6.07) is 0. The van der Waals surface area contributed by atoms with Crippen molar-refractivity contribution in [2.45, 2.75) is 24.7 Å². The maximum absolute atomic E-state index is 9.67. The van der Waals surface area contributed by atoms with Gasteiger partial charge in [0.15, 0.2) is 0 Å². The second-order valence-corrected chi connectivity index (χ2v) is 4.37. The Morgan fingerprint density at radius 3 is 2.56 bits per heavy atom. The van der Waals surface area contributed by atoms with Crippen LogP contribution in [0.4, 0.5) is 0 Å². The topological polar surface area (TPSA) is 57.2 Å². The largest absolute Gasteiger partial charge is 0.388 e. The lowest BCUT2D eigenvalue weighted by Gasteiger charge is -2.31. The van der Waals surface area contributed by atoms with Crippen molar-refractivity contribution in [3.05, 3.63) is 10.6 Å². The minimum Gasteiger partial charge on any atom is -0.388 e. The maximum atomic E-state index is 9.67. The molecule has 6 heteroatoms. The second-order valence-electron chi connectivity index (χ2n) is 3.45. The third-order valence-electron chi connectivity index (χ3n) is 2.24. The highest BCUT2D eigenvalue weighted by molar-refractivity contribution is 9.11. The van der Waals surface area contributed by atoms with Crippen LogP contribution in [0.3, 0.4) is 0 Å². The zero-order chi connectivity index (χ0) is 12.0. The van der Waals surface area contributed by atoms with Crippen LogP contribution in [0.15, 0.2) is 10.6 Å². The SMILES string of the molecule is COCO[C@H]1C[C@H](O)C(Br)=C[C@H]1OCOC. The summed E-state index contributed by atoms with van der Waals surface area (Å²) < 4.78 is 21.3. The lowest BCUT2D eigenvalue weighted by atomic mass is 9.99. The first-order valence-electron chi connectivity index (χ1n) is 4.95. The Bertz CT molecular complexity index is 233. The summed E-state index contributed by atoms with van der Waals surface area (Å²) in [4.78, 5) is 0. The Hall–Kier alpha value is 0.0200. The van der Waals surface area contributed by atoms with Crippen LogP contribution in [-0.2, 0) is 18.9 Å². The summed E-state index contributed by atoms with van der Waals surface area (Å²) in [5.74, 6) is 0. The van der Waals surface area contributed by atoms with Crippen molar-refractivity contribution in [3.8, 4) is 0 Å². The molecule has 0 amide bonds. The van der Waals surface area contributed by atoms with Crippen LogP contribution < -0.4 is 0 Å². The smallest absolute Gasteiger partial charge is 0.147 e. The van der Waals surface area contributed by atoms with Crippen molar-refractivity contribution in [2.75, 3.05) is 27.8 Å². The van der Waals surface area contributed by atoms with Crippen LogP contribution in [0.25, 0.3) is 0 Å². The molecule has 0 spiro atoms. The Balaban J connectivity index is 2.56. The molecule has 0 heterocycles. The molecule has 0 aromatic rings. The zero-order valence-electron chi connectivity index (χ0n) is 9.39. The summed E-state index contributed by atoms with van der Waals surface area (Å²) in [6.07, 6.45) is 1.23. The van der Waals surface area contributed by atoms with Crippen LogP contribution in [-0.4, -0.2) is 51.2 Å². The van der Waals surface area contributed by atoms with Crippen molar-refractivity contribution in [1.29, 1.82) is 0 Å². The van der Waals surface area contributed by atoms with E-state index in [4.69, 9.17) is 18.9 Å². The molecule has 0 saturated heterocycles. The van der Waals surface area contributed by atoms with Gasteiger partial charge in [-0.05, 0) is 6.08 Å². The fourth-order valence-electron chi connectivity index (χ4n) is 1.46. The van der Waals surface area contributed by atoms with E-state index in [1.54, 1.807) is 20.3 Å². The molecule has 94 valence electrons. The minimum absolute atomic E-state index is 0.176. The summed E-state index contributed by atoms with van der Waals surface area (Å²) in [6.45, 7) is 0.361. The quantitative estimate of drug-likeness (QED) is 0.742. The summed E-state index contributed by atoms with van der Waals surface area (Å²) in [5, 5.41) is 9.67. The average Bonchev–Trinajstić information content (AvgIpc) is 2.28. The van der Waals surface area contributed by atoms with Gasteiger partial charge >= 0.3 is 0 Å². The molecule has 0 aliphatic heterocycles. The van der Waals surface area contributed by atoms with Gasteiger partial charge in [0.05, 0.1) is 12.2 Å². The van der Waals surface area contributed by atoms with Gasteiger partial charge in [0.25, 0.3) is 0 Å². The van der Waals surface area contributed by atoms with E-state index >= 15 is 0 Å². The molecule has 1 N–H and O–H groups in total. The highest BCUT2D eigenvalue weighted by Crippen LogP contribution is 2.27. The van der Waals surface area contributed by atoms with Gasteiger partial charge in [-0.15, -0.1) is 0 Å². The molecule has 5 nitrogen and oxygen atoms in total. The average molecular weight is 297 g/mol. The van der Waals surface area contributed by atoms with Gasteiger partial charge < -0.3 is 24.1 Å². The Kier molecular flexibility index (Phi) is 6.48. The molecule has 16 heavy (non-hydrogen) atoms. The molecule has 0 unspecified atom stereocenters. The monoisotopic (exact) mass is 296 g/mol. The Morgan fingerprint density at radius 1 is 1.31 bits per heavy atom. The zero-order valence-corrected chi connectivity index (χ0v) is 11.0. The van der Waals surface area contributed by atoms with Crippen LogP contribution in [0.5, 0.6) is 0 Å². The van der Waals surface area contributed by atoms with E-state index in [1.807, 2.05) is 0 Å². The predicted molar refractivity (Wildman–Crippen MR) is 61.1 cm³/mol. The predicted octanol–water partition coefficient (Wildman–Crippen LogP) is 1.01. The fourth-order valence-corrected chi connectivity index (χ4v) is 1.91. The molecule has 1 aliphatic rings. The van der Waals surface area contributed by atoms with E-state index in [1.165, 1.54) is 0 Å². The first-order valence-corrected chi connectivity index (χ1v) is 5.74. The molecule has 1 aliphatic carbocycles. The molecule has 0 saturated carbocycles. The Morgan fingerprint density at radius 2 is 1.94 bits per heavy atom. The molecule has 1 rings (SSSR count). The fraction of sp³-hybridized carbons (Fsp3) is 0.800. The van der Waals surface area contributed by atoms with Gasteiger partial charge in [-0.2, -0.15) is 0 Å². The molecular weight excluding hydrogens is 280 g/mol. The lowest BCUT2D eigenvalue weighted by Crippen LogP contribution is -2.38. The highest BCUT2D eigenvalue weighted by atomic mass is 79.9. The van der Waals surface area contributed by atoms with Crippen LogP contribution in [0.2, 0.25) is 0 Å². The first kappa shape index (κ1) is 14.1. The van der Waals surface area contributed by atoms with Crippen LogP contribution in [0, 0.1) is 0 Å². The molecule has 0 fully saturated rings. The summed E-state index contributed by atoms with van der Waals surface area (Å²) in [5.41, 5.74) is 0. The van der Waals surface area contributed by atoms with E-state index in [9.17, 15) is 5.11 Å². The van der Waals surface area contributed by atoms with E-state index in [-0.39, 0.29) is 25.8 Å². The molecule has 0 aromatic carbocycles. The number of rotatable bonds is 6. The van der Waals surface area contributed by atoms with Gasteiger partial charge in [0.2, 0.25) is 0 Å². The van der Waals surface area contributed by atoms with Crippen LogP contribution >= 0.6 is 15.9 Å². The summed E-state index contributed by atoms with van der Waals surface area (Å²) in [7, 11) is 3.11. The van der Waals surface area contributed by atoms with Crippen molar-refractivity contribution in [3.63, 3.8) is 0 Å². The van der Waals surface area contributed by atoms with Crippen molar-refractivity contribution in [2.24, 2.45) is 0 Å². The standard InChI is InChI=1S/C10H17BrO5/c1-13-5-15-9-3-7(11)8(12)4-10(9)16-6-14-2/h3,8-10,12H,4-6H2,1-2H3/t8-,9+,10-/m0/s1. The van der Waals surface area contributed by atoms with Crippen molar-refractivity contribution in [1.82, 2.24) is 0 Å². The van der Waals surface area contributed by atoms with E-state index < -0.39 is 6.10 Å². The lowest BCUT2D eigenvalue weighted by molar-refractivity contribution is -0.153. The number of methoxy groups -OCH3 is 2. The van der Waals surface area contributed by atoms with E-state index in [0.717, 1.165) is 0 Å². The normalized spacial score (nSPS) is 30.2. The first-order chi connectivity index (χ1) is 7.69. The van der Waals surface area contributed by atoms with Gasteiger partial charge in [-0.3, -0.25) is 0 Å². The number of halogens is 1. The molecule has 3 atom stereocenters. The molecular formula is C10H17BrO5. The van der Waals surface area contributed by atoms with Crippen molar-refractivity contribution >= 4 is 15.9 Å².